The van der Waals surface area contributed by atoms with Crippen LogP contribution in [-0.2, 0) is 14.3 Å². The Hall–Kier alpha value is -2.51. The molecule has 2 N–H and O–H groups in total. The lowest BCUT2D eigenvalue weighted by Gasteiger charge is -2.17. The standard InChI is InChI=1S/C20H21ClN2O4S/c1-28-12-11-17(23-19(25)14-5-3-2-4-6-14)20(26)27-13-18(24)22-16-9-7-15(21)8-10-16/h2-10,17H,11-13H2,1H3,(H,22,24)(H,23,25)/t17-/m0/s1. The maximum absolute atomic E-state index is 12.4. The predicted molar refractivity (Wildman–Crippen MR) is 112 cm³/mol. The van der Waals surface area contributed by atoms with Crippen LogP contribution in [0.5, 0.6) is 0 Å². The molecule has 0 fully saturated rings. The van der Waals surface area contributed by atoms with Crippen molar-refractivity contribution >= 4 is 46.8 Å². The molecule has 28 heavy (non-hydrogen) atoms. The van der Waals surface area contributed by atoms with Crippen molar-refractivity contribution < 1.29 is 19.1 Å². The van der Waals surface area contributed by atoms with Gasteiger partial charge < -0.3 is 15.4 Å². The third kappa shape index (κ3) is 7.25. The number of amides is 2. The van der Waals surface area contributed by atoms with Crippen LogP contribution in [0, 0.1) is 0 Å². The third-order valence-electron chi connectivity index (χ3n) is 3.71. The highest BCUT2D eigenvalue weighted by Gasteiger charge is 2.23. The fourth-order valence-corrected chi connectivity index (χ4v) is 2.88. The molecule has 2 aromatic carbocycles. The topological polar surface area (TPSA) is 84.5 Å². The Labute approximate surface area is 173 Å². The summed E-state index contributed by atoms with van der Waals surface area (Å²) in [7, 11) is 0. The van der Waals surface area contributed by atoms with Crippen LogP contribution in [0.3, 0.4) is 0 Å². The van der Waals surface area contributed by atoms with Gasteiger partial charge >= 0.3 is 5.97 Å². The molecule has 8 heteroatoms. The molecule has 0 bridgehead atoms. The molecule has 0 saturated heterocycles. The number of rotatable bonds is 9. The van der Waals surface area contributed by atoms with Gasteiger partial charge in [-0.1, -0.05) is 29.8 Å². The van der Waals surface area contributed by atoms with Gasteiger partial charge in [0.05, 0.1) is 0 Å². The Morgan fingerprint density at radius 1 is 1.07 bits per heavy atom. The zero-order valence-corrected chi connectivity index (χ0v) is 16.9. The molecule has 0 radical (unpaired) electrons. The number of ether oxygens (including phenoxy) is 1. The van der Waals surface area contributed by atoms with Gasteiger partial charge in [0.1, 0.15) is 6.04 Å². The minimum Gasteiger partial charge on any atom is -0.454 e. The number of esters is 1. The van der Waals surface area contributed by atoms with Crippen molar-refractivity contribution in [1.82, 2.24) is 5.32 Å². The molecular weight excluding hydrogens is 400 g/mol. The van der Waals surface area contributed by atoms with Crippen molar-refractivity contribution in [3.63, 3.8) is 0 Å². The number of anilines is 1. The fourth-order valence-electron chi connectivity index (χ4n) is 2.28. The summed E-state index contributed by atoms with van der Waals surface area (Å²) in [6.45, 7) is -0.446. The van der Waals surface area contributed by atoms with Crippen molar-refractivity contribution in [2.45, 2.75) is 12.5 Å². The number of halogens is 1. The number of nitrogens with one attached hydrogen (secondary N) is 2. The number of benzene rings is 2. The number of hydrogen-bond donors (Lipinski definition) is 2. The molecular formula is C20H21ClN2O4S. The second kappa shape index (κ2) is 11.4. The molecule has 2 amide bonds. The van der Waals surface area contributed by atoms with E-state index in [1.807, 2.05) is 6.26 Å². The largest absolute Gasteiger partial charge is 0.454 e. The minimum absolute atomic E-state index is 0.366. The van der Waals surface area contributed by atoms with Crippen molar-refractivity contribution in [1.29, 1.82) is 0 Å². The van der Waals surface area contributed by atoms with Gasteiger partial charge in [-0.25, -0.2) is 4.79 Å². The lowest BCUT2D eigenvalue weighted by molar-refractivity contribution is -0.149. The van der Waals surface area contributed by atoms with Gasteiger partial charge in [-0.15, -0.1) is 0 Å². The Kier molecular flexibility index (Phi) is 8.84. The van der Waals surface area contributed by atoms with Crippen LogP contribution in [0.2, 0.25) is 5.02 Å². The summed E-state index contributed by atoms with van der Waals surface area (Å²) in [6.07, 6.45) is 2.30. The highest BCUT2D eigenvalue weighted by atomic mass is 35.5. The predicted octanol–water partition coefficient (Wildman–Crippen LogP) is 3.37. The molecule has 0 aliphatic heterocycles. The number of carbonyl (C=O) groups excluding carboxylic acids is 3. The van der Waals surface area contributed by atoms with Gasteiger partial charge in [0.25, 0.3) is 11.8 Å². The van der Waals surface area contributed by atoms with Crippen LogP contribution >= 0.6 is 23.4 Å². The van der Waals surface area contributed by atoms with E-state index in [0.717, 1.165) is 0 Å². The molecule has 148 valence electrons. The number of hydrogen-bond acceptors (Lipinski definition) is 5. The molecule has 0 aliphatic rings. The summed E-state index contributed by atoms with van der Waals surface area (Å²) in [5, 5.41) is 5.83. The first kappa shape index (κ1) is 21.8. The molecule has 0 unspecified atom stereocenters. The van der Waals surface area contributed by atoms with E-state index in [-0.39, 0.29) is 5.91 Å². The summed E-state index contributed by atoms with van der Waals surface area (Å²) < 4.78 is 5.09. The summed E-state index contributed by atoms with van der Waals surface area (Å²) >= 11 is 7.34. The number of carbonyl (C=O) groups is 3. The SMILES string of the molecule is CSCC[C@H](NC(=O)c1ccccc1)C(=O)OCC(=O)Nc1ccc(Cl)cc1. The Morgan fingerprint density at radius 2 is 1.75 bits per heavy atom. The second-order valence-electron chi connectivity index (χ2n) is 5.84. The van der Waals surface area contributed by atoms with Crippen LogP contribution in [0.4, 0.5) is 5.69 Å². The highest BCUT2D eigenvalue weighted by molar-refractivity contribution is 7.98. The Balaban J connectivity index is 1.89. The second-order valence-corrected chi connectivity index (χ2v) is 7.26. The Bertz CT molecular complexity index is 800. The van der Waals surface area contributed by atoms with E-state index in [9.17, 15) is 14.4 Å². The van der Waals surface area contributed by atoms with Crippen molar-refractivity contribution in [2.75, 3.05) is 23.9 Å². The smallest absolute Gasteiger partial charge is 0.329 e. The van der Waals surface area contributed by atoms with E-state index in [1.165, 1.54) is 0 Å². The summed E-state index contributed by atoms with van der Waals surface area (Å²) in [5.74, 6) is -0.834. The van der Waals surface area contributed by atoms with E-state index in [4.69, 9.17) is 16.3 Å². The van der Waals surface area contributed by atoms with Crippen LogP contribution in [0.25, 0.3) is 0 Å². The van der Waals surface area contributed by atoms with Gasteiger partial charge in [-0.2, -0.15) is 11.8 Å². The third-order valence-corrected chi connectivity index (χ3v) is 4.61. The zero-order valence-electron chi connectivity index (χ0n) is 15.3. The molecule has 1 atom stereocenters. The highest BCUT2D eigenvalue weighted by Crippen LogP contribution is 2.13. The quantitative estimate of drug-likeness (QED) is 0.607. The lowest BCUT2D eigenvalue weighted by atomic mass is 10.1. The first-order valence-electron chi connectivity index (χ1n) is 8.56. The maximum Gasteiger partial charge on any atom is 0.329 e. The zero-order chi connectivity index (χ0) is 20.4. The Morgan fingerprint density at radius 3 is 2.39 bits per heavy atom. The molecule has 2 rings (SSSR count). The maximum atomic E-state index is 12.4. The fraction of sp³-hybridized carbons (Fsp3) is 0.250. The lowest BCUT2D eigenvalue weighted by Crippen LogP contribution is -2.43. The summed E-state index contributed by atoms with van der Waals surface area (Å²) in [4.78, 5) is 36.7. The first-order chi connectivity index (χ1) is 13.5. The van der Waals surface area contributed by atoms with Gasteiger partial charge in [0, 0.05) is 16.3 Å². The average molecular weight is 421 g/mol. The molecule has 0 heterocycles. The molecule has 6 nitrogen and oxygen atoms in total. The van der Waals surface area contributed by atoms with Gasteiger partial charge in [-0.3, -0.25) is 9.59 Å². The molecule has 2 aromatic rings. The normalized spacial score (nSPS) is 11.4. The minimum atomic E-state index is -0.830. The van der Waals surface area contributed by atoms with Gasteiger partial charge in [0.15, 0.2) is 6.61 Å². The summed E-state index contributed by atoms with van der Waals surface area (Å²) in [6, 6.07) is 14.3. The molecule has 0 saturated carbocycles. The van der Waals surface area contributed by atoms with Crippen molar-refractivity contribution in [3.8, 4) is 0 Å². The van der Waals surface area contributed by atoms with E-state index >= 15 is 0 Å². The van der Waals surface area contributed by atoms with Crippen LogP contribution in [0.15, 0.2) is 54.6 Å². The molecule has 0 aromatic heterocycles. The monoisotopic (exact) mass is 420 g/mol. The summed E-state index contributed by atoms with van der Waals surface area (Å²) in [5.41, 5.74) is 0.992. The van der Waals surface area contributed by atoms with E-state index in [2.05, 4.69) is 10.6 Å². The van der Waals surface area contributed by atoms with Crippen molar-refractivity contribution in [2.24, 2.45) is 0 Å². The number of thioether (sulfide) groups is 1. The van der Waals surface area contributed by atoms with Crippen LogP contribution in [-0.4, -0.2) is 42.4 Å². The molecule has 0 aliphatic carbocycles. The van der Waals surface area contributed by atoms with Crippen LogP contribution in [0.1, 0.15) is 16.8 Å². The average Bonchev–Trinajstić information content (AvgIpc) is 2.71. The van der Waals surface area contributed by atoms with E-state index in [0.29, 0.717) is 28.4 Å². The first-order valence-corrected chi connectivity index (χ1v) is 10.3. The van der Waals surface area contributed by atoms with Crippen LogP contribution < -0.4 is 10.6 Å². The van der Waals surface area contributed by atoms with E-state index in [1.54, 1.807) is 66.4 Å². The molecule has 0 spiro atoms. The van der Waals surface area contributed by atoms with E-state index < -0.39 is 24.5 Å². The van der Waals surface area contributed by atoms with Gasteiger partial charge in [0.2, 0.25) is 0 Å². The van der Waals surface area contributed by atoms with Gasteiger partial charge in [-0.05, 0) is 54.8 Å². The van der Waals surface area contributed by atoms with Crippen molar-refractivity contribution in [3.05, 3.63) is 65.2 Å².